The minimum atomic E-state index is 0.829. The van der Waals surface area contributed by atoms with Gasteiger partial charge in [-0.3, -0.25) is 0 Å². The normalized spacial score (nSPS) is 11.1. The lowest BCUT2D eigenvalue weighted by Crippen LogP contribution is -1.90. The van der Waals surface area contributed by atoms with Crippen LogP contribution in [0.2, 0.25) is 0 Å². The highest BCUT2D eigenvalue weighted by Crippen LogP contribution is 2.18. The lowest BCUT2D eigenvalue weighted by Gasteiger charge is -1.98. The van der Waals surface area contributed by atoms with E-state index < -0.39 is 0 Å². The van der Waals surface area contributed by atoms with Gasteiger partial charge in [-0.2, -0.15) is 0 Å². The van der Waals surface area contributed by atoms with Crippen molar-refractivity contribution in [3.8, 4) is 0 Å². The van der Waals surface area contributed by atoms with Crippen molar-refractivity contribution in [1.29, 1.82) is 0 Å². The number of hydrogen-bond acceptors (Lipinski definition) is 1. The summed E-state index contributed by atoms with van der Waals surface area (Å²) < 4.78 is 1.11. The number of nitrogens with zero attached hydrogens (tertiary/aromatic N) is 1. The predicted octanol–water partition coefficient (Wildman–Crippen LogP) is 4.48. The second-order valence-corrected chi connectivity index (χ2v) is 5.61. The van der Waals surface area contributed by atoms with Crippen molar-refractivity contribution < 1.29 is 0 Å². The maximum atomic E-state index is 4.64. The van der Waals surface area contributed by atoms with Crippen LogP contribution in [0.3, 0.4) is 0 Å². The van der Waals surface area contributed by atoms with Crippen molar-refractivity contribution >= 4 is 27.0 Å². The molecule has 2 aromatic carbocycles. The van der Waals surface area contributed by atoms with Crippen LogP contribution in [0, 0.1) is 0 Å². The van der Waals surface area contributed by atoms with E-state index in [-0.39, 0.29) is 0 Å². The molecule has 0 saturated carbocycles. The van der Waals surface area contributed by atoms with Crippen LogP contribution in [0.1, 0.15) is 23.9 Å². The first-order chi connectivity index (χ1) is 9.24. The van der Waals surface area contributed by atoms with E-state index in [2.05, 4.69) is 69.2 Å². The minimum absolute atomic E-state index is 0.829. The Kier molecular flexibility index (Phi) is 3.38. The number of aromatic amines is 1. The van der Waals surface area contributed by atoms with Gasteiger partial charge in [0, 0.05) is 10.9 Å². The van der Waals surface area contributed by atoms with Crippen molar-refractivity contribution in [2.24, 2.45) is 0 Å². The van der Waals surface area contributed by atoms with Gasteiger partial charge in [0.25, 0.3) is 0 Å². The van der Waals surface area contributed by atoms with Crippen LogP contribution < -0.4 is 0 Å². The fourth-order valence-electron chi connectivity index (χ4n) is 2.25. The van der Waals surface area contributed by atoms with Gasteiger partial charge < -0.3 is 4.98 Å². The van der Waals surface area contributed by atoms with E-state index in [9.17, 15) is 0 Å². The molecule has 0 spiro atoms. The number of imidazole rings is 1. The Hall–Kier alpha value is -1.61. The first-order valence-electron chi connectivity index (χ1n) is 6.46. The first kappa shape index (κ1) is 12.4. The highest BCUT2D eigenvalue weighted by atomic mass is 79.9. The number of aromatic nitrogens is 2. The third kappa shape index (κ3) is 2.71. The van der Waals surface area contributed by atoms with E-state index >= 15 is 0 Å². The lowest BCUT2D eigenvalue weighted by molar-refractivity contribution is 1.04. The van der Waals surface area contributed by atoms with Gasteiger partial charge in [-0.05, 0) is 41.8 Å². The quantitative estimate of drug-likeness (QED) is 0.758. The smallest absolute Gasteiger partial charge is 0.111 e. The zero-order chi connectivity index (χ0) is 13.2. The highest BCUT2D eigenvalue weighted by Gasteiger charge is 2.04. The molecular formula is C16H15BrN2. The molecular weight excluding hydrogens is 300 g/mol. The van der Waals surface area contributed by atoms with Gasteiger partial charge in [0.05, 0.1) is 11.0 Å². The summed E-state index contributed by atoms with van der Waals surface area (Å²) in [6, 6.07) is 14.8. The van der Waals surface area contributed by atoms with Gasteiger partial charge in [0.2, 0.25) is 0 Å². The van der Waals surface area contributed by atoms with Crippen molar-refractivity contribution in [3.63, 3.8) is 0 Å². The minimum Gasteiger partial charge on any atom is -0.342 e. The zero-order valence-corrected chi connectivity index (χ0v) is 12.4. The largest absolute Gasteiger partial charge is 0.342 e. The van der Waals surface area contributed by atoms with E-state index in [1.165, 1.54) is 11.1 Å². The Bertz CT molecular complexity index is 716. The fraction of sp³-hybridized carbons (Fsp3) is 0.188. The Morgan fingerprint density at radius 1 is 1.11 bits per heavy atom. The Morgan fingerprint density at radius 3 is 2.79 bits per heavy atom. The second kappa shape index (κ2) is 5.17. The molecule has 3 rings (SSSR count). The van der Waals surface area contributed by atoms with Crippen LogP contribution >= 0.6 is 15.9 Å². The van der Waals surface area contributed by atoms with Crippen LogP contribution in [-0.2, 0) is 12.8 Å². The van der Waals surface area contributed by atoms with Crippen LogP contribution in [0.5, 0.6) is 0 Å². The van der Waals surface area contributed by atoms with Gasteiger partial charge in [-0.15, -0.1) is 0 Å². The summed E-state index contributed by atoms with van der Waals surface area (Å²) in [4.78, 5) is 8.05. The number of fused-ring (bicyclic) bond motifs is 1. The van der Waals surface area contributed by atoms with Crippen molar-refractivity contribution in [2.45, 2.75) is 19.8 Å². The van der Waals surface area contributed by atoms with Crippen molar-refractivity contribution in [3.05, 3.63) is 63.9 Å². The molecule has 1 aromatic heterocycles. The molecule has 3 heteroatoms. The topological polar surface area (TPSA) is 28.7 Å². The third-order valence-corrected chi connectivity index (χ3v) is 3.76. The van der Waals surface area contributed by atoms with E-state index in [0.29, 0.717) is 0 Å². The van der Waals surface area contributed by atoms with E-state index in [0.717, 1.165) is 34.2 Å². The third-order valence-electron chi connectivity index (χ3n) is 3.26. The molecule has 0 unspecified atom stereocenters. The number of benzene rings is 2. The molecule has 96 valence electrons. The molecule has 1 N–H and O–H groups in total. The van der Waals surface area contributed by atoms with E-state index in [1.807, 2.05) is 6.07 Å². The number of aryl methyl sites for hydroxylation is 1. The average molecular weight is 315 g/mol. The molecule has 0 saturated heterocycles. The summed E-state index contributed by atoms with van der Waals surface area (Å²) in [7, 11) is 0. The zero-order valence-electron chi connectivity index (χ0n) is 10.8. The molecule has 0 aliphatic heterocycles. The number of nitrogens with one attached hydrogen (secondary N) is 1. The number of halogens is 1. The summed E-state index contributed by atoms with van der Waals surface area (Å²) in [6.45, 7) is 2.17. The van der Waals surface area contributed by atoms with Gasteiger partial charge in [0.15, 0.2) is 0 Å². The lowest BCUT2D eigenvalue weighted by atomic mass is 10.1. The first-order valence-corrected chi connectivity index (χ1v) is 7.26. The average Bonchev–Trinajstić information content (AvgIpc) is 2.79. The summed E-state index contributed by atoms with van der Waals surface area (Å²) in [5.74, 6) is 1.02. The predicted molar refractivity (Wildman–Crippen MR) is 82.4 cm³/mol. The summed E-state index contributed by atoms with van der Waals surface area (Å²) in [5.41, 5.74) is 4.76. The number of hydrogen-bond donors (Lipinski definition) is 1. The summed E-state index contributed by atoms with van der Waals surface area (Å²) >= 11 is 3.50. The molecule has 1 heterocycles. The summed E-state index contributed by atoms with van der Waals surface area (Å²) in [5, 5.41) is 0. The SMILES string of the molecule is CCc1ccc2nc(Cc3cccc(Br)c3)[nH]c2c1. The van der Waals surface area contributed by atoms with Gasteiger partial charge in [0.1, 0.15) is 5.82 Å². The van der Waals surface area contributed by atoms with Crippen molar-refractivity contribution in [1.82, 2.24) is 9.97 Å². The number of H-pyrrole nitrogens is 1. The molecule has 0 atom stereocenters. The van der Waals surface area contributed by atoms with Crippen LogP contribution in [0.25, 0.3) is 11.0 Å². The van der Waals surface area contributed by atoms with Crippen LogP contribution in [0.4, 0.5) is 0 Å². The van der Waals surface area contributed by atoms with E-state index in [1.54, 1.807) is 0 Å². The molecule has 0 bridgehead atoms. The molecule has 0 aliphatic rings. The molecule has 3 aromatic rings. The van der Waals surface area contributed by atoms with Gasteiger partial charge >= 0.3 is 0 Å². The molecule has 0 fully saturated rings. The Labute approximate surface area is 121 Å². The van der Waals surface area contributed by atoms with Gasteiger partial charge in [-0.25, -0.2) is 4.98 Å². The fourth-order valence-corrected chi connectivity index (χ4v) is 2.70. The van der Waals surface area contributed by atoms with Crippen LogP contribution in [-0.4, -0.2) is 9.97 Å². The standard InChI is InChI=1S/C16H15BrN2/c1-2-11-6-7-14-15(9-11)19-16(18-14)10-12-4-3-5-13(17)8-12/h3-9H,2,10H2,1H3,(H,18,19). The Balaban J connectivity index is 1.93. The molecule has 19 heavy (non-hydrogen) atoms. The maximum absolute atomic E-state index is 4.64. The number of rotatable bonds is 3. The van der Waals surface area contributed by atoms with E-state index in [4.69, 9.17) is 0 Å². The summed E-state index contributed by atoms with van der Waals surface area (Å²) in [6.07, 6.45) is 1.88. The van der Waals surface area contributed by atoms with Gasteiger partial charge in [-0.1, -0.05) is 41.1 Å². The molecule has 0 amide bonds. The monoisotopic (exact) mass is 314 g/mol. The molecule has 0 radical (unpaired) electrons. The van der Waals surface area contributed by atoms with Crippen LogP contribution in [0.15, 0.2) is 46.9 Å². The second-order valence-electron chi connectivity index (χ2n) is 4.70. The highest BCUT2D eigenvalue weighted by molar-refractivity contribution is 9.10. The maximum Gasteiger partial charge on any atom is 0.111 e. The van der Waals surface area contributed by atoms with Crippen molar-refractivity contribution in [2.75, 3.05) is 0 Å². The Morgan fingerprint density at radius 2 is 2.00 bits per heavy atom. The molecule has 0 aliphatic carbocycles. The molecule has 2 nitrogen and oxygen atoms in total.